The van der Waals surface area contributed by atoms with Gasteiger partial charge in [-0.25, -0.2) is 0 Å². The highest BCUT2D eigenvalue weighted by Crippen LogP contribution is 2.28. The zero-order chi connectivity index (χ0) is 18.1. The van der Waals surface area contributed by atoms with Crippen molar-refractivity contribution in [1.82, 2.24) is 0 Å². The van der Waals surface area contributed by atoms with Crippen LogP contribution in [0.4, 0.5) is 0 Å². The van der Waals surface area contributed by atoms with Crippen LogP contribution >= 0.6 is 0 Å². The van der Waals surface area contributed by atoms with Gasteiger partial charge in [-0.2, -0.15) is 8.42 Å². The number of benzene rings is 2. The molecule has 0 unspecified atom stereocenters. The van der Waals surface area contributed by atoms with Crippen molar-refractivity contribution in [2.24, 2.45) is 0 Å². The van der Waals surface area contributed by atoms with Crippen LogP contribution in [0.15, 0.2) is 47.4 Å². The first-order valence-electron chi connectivity index (χ1n) is 6.19. The zero-order valence-corrected chi connectivity index (χ0v) is 13.3. The van der Waals surface area contributed by atoms with Gasteiger partial charge >= 0.3 is 10.6 Å². The number of rotatable bonds is 1. The van der Waals surface area contributed by atoms with E-state index in [4.69, 9.17) is 17.2 Å². The summed E-state index contributed by atoms with van der Waals surface area (Å²) < 4.78 is 56.6. The third-order valence-corrected chi connectivity index (χ3v) is 4.04. The molecule has 124 valence electrons. The molecule has 0 aliphatic heterocycles. The van der Waals surface area contributed by atoms with Gasteiger partial charge in [0.15, 0.2) is 11.6 Å². The maximum atomic E-state index is 12.3. The Bertz CT molecular complexity index is 1060. The molecule has 0 amide bonds. The lowest BCUT2D eigenvalue weighted by Gasteiger charge is -2.17. The maximum absolute atomic E-state index is 12.3. The molecule has 0 heterocycles. The molecule has 0 aromatic heterocycles. The van der Waals surface area contributed by atoms with Crippen molar-refractivity contribution in [3.8, 4) is 0 Å². The van der Waals surface area contributed by atoms with Gasteiger partial charge in [-0.1, -0.05) is 24.3 Å². The Kier molecular flexibility index (Phi) is 4.73. The fourth-order valence-corrected chi connectivity index (χ4v) is 2.75. The summed E-state index contributed by atoms with van der Waals surface area (Å²) in [5.41, 5.74) is 0.659. The largest absolute Gasteiger partial charge is 0.425 e. The van der Waals surface area contributed by atoms with E-state index in [9.17, 15) is 18.0 Å². The fourth-order valence-electron chi connectivity index (χ4n) is 2.24. The van der Waals surface area contributed by atoms with Crippen LogP contribution < -0.4 is 0 Å². The summed E-state index contributed by atoms with van der Waals surface area (Å²) in [5, 5.41) is 0. The maximum Gasteiger partial charge on any atom is 0.425 e. The lowest BCUT2D eigenvalue weighted by atomic mass is 9.84. The molecule has 2 aromatic carbocycles. The quantitative estimate of drug-likeness (QED) is 0.619. The lowest BCUT2D eigenvalue weighted by molar-refractivity contribution is 0.0979. The minimum atomic E-state index is -4.42. The molecule has 0 fully saturated rings. The van der Waals surface area contributed by atoms with Crippen LogP contribution in [0.25, 0.3) is 0 Å². The van der Waals surface area contributed by atoms with Gasteiger partial charge in [0.1, 0.15) is 0 Å². The van der Waals surface area contributed by atoms with E-state index in [1.54, 1.807) is 18.2 Å². The van der Waals surface area contributed by atoms with E-state index in [0.717, 1.165) is 12.1 Å². The van der Waals surface area contributed by atoms with Gasteiger partial charge in [-0.05, 0) is 18.2 Å². The molecule has 0 saturated carbocycles. The Labute approximate surface area is 137 Å². The van der Waals surface area contributed by atoms with Crippen LogP contribution in [-0.2, 0) is 20.7 Å². The van der Waals surface area contributed by atoms with Gasteiger partial charge < -0.3 is 0 Å². The van der Waals surface area contributed by atoms with Crippen molar-refractivity contribution in [1.29, 1.82) is 0 Å². The van der Waals surface area contributed by atoms with Gasteiger partial charge in [0.2, 0.25) is 0 Å². The molecule has 0 atom stereocenters. The number of ketones is 2. The number of hydrogen-bond acceptors (Lipinski definition) is 7. The van der Waals surface area contributed by atoms with E-state index in [0.29, 0.717) is 5.56 Å². The van der Waals surface area contributed by atoms with Gasteiger partial charge in [0, 0.05) is 22.3 Å². The van der Waals surface area contributed by atoms with Crippen molar-refractivity contribution in [3.05, 3.63) is 64.7 Å². The molecule has 0 saturated heterocycles. The van der Waals surface area contributed by atoms with Crippen LogP contribution in [0.5, 0.6) is 0 Å². The summed E-state index contributed by atoms with van der Waals surface area (Å²) >= 11 is 0. The van der Waals surface area contributed by atoms with Gasteiger partial charge in [0.05, 0.1) is 4.90 Å². The molecule has 8 nitrogen and oxygen atoms in total. The highest BCUT2D eigenvalue weighted by Gasteiger charge is 2.30. The molecule has 3 rings (SSSR count). The summed E-state index contributed by atoms with van der Waals surface area (Å²) in [7, 11) is -7.53. The first-order valence-corrected chi connectivity index (χ1v) is 8.63. The topological polar surface area (TPSA) is 140 Å². The standard InChI is InChI=1S/C14H8O5S.O3S/c15-13-9-3-1-2-4-10(9)14(16)12-7-8(20(17,18)19)5-6-11(12)13;1-4(2)3/h1-7H,(H,17,18,19);. The van der Waals surface area contributed by atoms with Crippen LogP contribution in [0.1, 0.15) is 31.8 Å². The normalized spacial score (nSPS) is 12.5. The molecular weight excluding hydrogens is 360 g/mol. The van der Waals surface area contributed by atoms with Crippen LogP contribution in [0.2, 0.25) is 0 Å². The SMILES string of the molecule is O=C1c2ccccc2C(=O)c2cc(S(=O)(=O)O)ccc21.O=S(=O)=O. The zero-order valence-electron chi connectivity index (χ0n) is 11.7. The molecule has 1 N–H and O–H groups in total. The second kappa shape index (κ2) is 6.43. The van der Waals surface area contributed by atoms with Crippen LogP contribution in [-0.4, -0.2) is 37.2 Å². The average molecular weight is 368 g/mol. The third kappa shape index (κ3) is 3.45. The smallest absolute Gasteiger partial charge is 0.289 e. The number of carbonyl (C=O) groups is 2. The van der Waals surface area contributed by atoms with E-state index in [1.165, 1.54) is 12.1 Å². The first-order chi connectivity index (χ1) is 11.1. The first kappa shape index (κ1) is 17.7. The molecule has 10 heteroatoms. The second-order valence-corrected chi connectivity index (χ2v) is 6.42. The van der Waals surface area contributed by atoms with Gasteiger partial charge in [-0.15, -0.1) is 12.6 Å². The Morgan fingerprint density at radius 2 is 1.17 bits per heavy atom. The Balaban J connectivity index is 0.000000471. The summed E-state index contributed by atoms with van der Waals surface area (Å²) in [5.74, 6) is -0.766. The predicted molar refractivity (Wildman–Crippen MR) is 79.3 cm³/mol. The highest BCUT2D eigenvalue weighted by molar-refractivity contribution is 7.85. The summed E-state index contributed by atoms with van der Waals surface area (Å²) in [6.45, 7) is 0. The van der Waals surface area contributed by atoms with Crippen molar-refractivity contribution in [2.45, 2.75) is 4.90 Å². The summed E-state index contributed by atoms with van der Waals surface area (Å²) in [4.78, 5) is 24.1. The molecule has 1 aliphatic rings. The highest BCUT2D eigenvalue weighted by atomic mass is 32.2. The van der Waals surface area contributed by atoms with E-state index < -0.39 is 31.4 Å². The van der Waals surface area contributed by atoms with E-state index >= 15 is 0 Å². The molecule has 24 heavy (non-hydrogen) atoms. The van der Waals surface area contributed by atoms with Crippen molar-refractivity contribution < 1.29 is 35.2 Å². The van der Waals surface area contributed by atoms with Crippen molar-refractivity contribution in [3.63, 3.8) is 0 Å². The second-order valence-electron chi connectivity index (χ2n) is 4.59. The Hall–Kier alpha value is -2.69. The third-order valence-electron chi connectivity index (χ3n) is 3.19. The minimum Gasteiger partial charge on any atom is -0.289 e. The summed E-state index contributed by atoms with van der Waals surface area (Å²) in [6.07, 6.45) is 0. The molecular formula is C14H8O8S2. The number of carbonyl (C=O) groups excluding carboxylic acids is 2. The summed E-state index contributed by atoms with van der Waals surface area (Å²) in [6, 6.07) is 9.72. The monoisotopic (exact) mass is 368 g/mol. The van der Waals surface area contributed by atoms with E-state index in [1.807, 2.05) is 0 Å². The Morgan fingerprint density at radius 3 is 1.62 bits per heavy atom. The van der Waals surface area contributed by atoms with Crippen molar-refractivity contribution in [2.75, 3.05) is 0 Å². The predicted octanol–water partition coefficient (Wildman–Crippen LogP) is 0.705. The number of fused-ring (bicyclic) bond motifs is 2. The number of hydrogen-bond donors (Lipinski definition) is 1. The van der Waals surface area contributed by atoms with E-state index in [2.05, 4.69) is 0 Å². The molecule has 2 aromatic rings. The molecule has 1 aliphatic carbocycles. The van der Waals surface area contributed by atoms with Crippen molar-refractivity contribution >= 4 is 32.3 Å². The minimum absolute atomic E-state index is 0.0103. The van der Waals surface area contributed by atoms with Crippen LogP contribution in [0, 0.1) is 0 Å². The average Bonchev–Trinajstić information content (AvgIpc) is 2.51. The Morgan fingerprint density at radius 1 is 0.750 bits per heavy atom. The van der Waals surface area contributed by atoms with Gasteiger partial charge in [0.25, 0.3) is 10.1 Å². The molecule has 0 spiro atoms. The fraction of sp³-hybridized carbons (Fsp3) is 0. The van der Waals surface area contributed by atoms with Gasteiger partial charge in [-0.3, -0.25) is 14.1 Å². The van der Waals surface area contributed by atoms with E-state index in [-0.39, 0.29) is 22.5 Å². The lowest BCUT2D eigenvalue weighted by Crippen LogP contribution is -2.21. The molecule has 0 bridgehead atoms. The molecule has 0 radical (unpaired) electrons. The van der Waals surface area contributed by atoms with Crippen LogP contribution in [0.3, 0.4) is 0 Å².